The lowest BCUT2D eigenvalue weighted by Gasteiger charge is -2.30. The zero-order valence-electron chi connectivity index (χ0n) is 11.0. The van der Waals surface area contributed by atoms with Crippen molar-refractivity contribution >= 4 is 5.91 Å². The maximum absolute atomic E-state index is 12.1. The van der Waals surface area contributed by atoms with E-state index in [1.165, 1.54) is 32.1 Å². The smallest absolute Gasteiger partial charge is 0.224 e. The fraction of sp³-hybridized carbons (Fsp3) is 0.929. The molecule has 1 atom stereocenters. The van der Waals surface area contributed by atoms with Crippen LogP contribution in [0.5, 0.6) is 0 Å². The molecular formula is C14H26N2O. The Balaban J connectivity index is 1.71. The first-order valence-electron chi connectivity index (χ1n) is 7.30. The summed E-state index contributed by atoms with van der Waals surface area (Å²) in [6, 6.07) is 0.451. The van der Waals surface area contributed by atoms with Crippen molar-refractivity contribution in [1.82, 2.24) is 10.6 Å². The highest BCUT2D eigenvalue weighted by Gasteiger charge is 2.25. The molecule has 1 heterocycles. The number of carbonyl (C=O) groups is 1. The molecular weight excluding hydrogens is 212 g/mol. The Labute approximate surface area is 105 Å². The fourth-order valence-electron chi connectivity index (χ4n) is 3.11. The van der Waals surface area contributed by atoms with Crippen LogP contribution >= 0.6 is 0 Å². The van der Waals surface area contributed by atoms with Gasteiger partial charge in [0.2, 0.25) is 5.91 Å². The van der Waals surface area contributed by atoms with E-state index in [1.54, 1.807) is 0 Å². The predicted molar refractivity (Wildman–Crippen MR) is 69.8 cm³/mol. The summed E-state index contributed by atoms with van der Waals surface area (Å²) in [6.07, 6.45) is 8.46. The van der Waals surface area contributed by atoms with Crippen molar-refractivity contribution in [2.45, 2.75) is 57.9 Å². The summed E-state index contributed by atoms with van der Waals surface area (Å²) in [4.78, 5) is 12.1. The molecule has 1 aliphatic carbocycles. The van der Waals surface area contributed by atoms with E-state index in [0.29, 0.717) is 6.04 Å². The van der Waals surface area contributed by atoms with E-state index in [2.05, 4.69) is 17.6 Å². The molecule has 98 valence electrons. The Morgan fingerprint density at radius 2 is 2.00 bits per heavy atom. The van der Waals surface area contributed by atoms with E-state index in [4.69, 9.17) is 0 Å². The number of nitrogens with one attached hydrogen (secondary N) is 2. The molecule has 1 saturated heterocycles. The van der Waals surface area contributed by atoms with Crippen LogP contribution in [-0.4, -0.2) is 25.0 Å². The summed E-state index contributed by atoms with van der Waals surface area (Å²) in [7, 11) is 0. The highest BCUT2D eigenvalue weighted by Crippen LogP contribution is 2.26. The molecule has 0 unspecified atom stereocenters. The summed E-state index contributed by atoms with van der Waals surface area (Å²) in [5.74, 6) is 1.41. The van der Waals surface area contributed by atoms with Crippen LogP contribution < -0.4 is 10.6 Å². The minimum Gasteiger partial charge on any atom is -0.353 e. The lowest BCUT2D eigenvalue weighted by molar-refractivity contribution is -0.126. The van der Waals surface area contributed by atoms with Gasteiger partial charge < -0.3 is 10.6 Å². The summed E-state index contributed by atoms with van der Waals surface area (Å²) in [6.45, 7) is 4.22. The van der Waals surface area contributed by atoms with E-state index in [-0.39, 0.29) is 11.8 Å². The second kappa shape index (κ2) is 6.39. The lowest BCUT2D eigenvalue weighted by atomic mass is 9.84. The fourth-order valence-corrected chi connectivity index (χ4v) is 3.11. The van der Waals surface area contributed by atoms with E-state index in [0.717, 1.165) is 31.8 Å². The van der Waals surface area contributed by atoms with Crippen LogP contribution in [-0.2, 0) is 4.79 Å². The first-order chi connectivity index (χ1) is 8.29. The molecule has 2 aliphatic rings. The third kappa shape index (κ3) is 3.70. The van der Waals surface area contributed by atoms with Gasteiger partial charge in [-0.2, -0.15) is 0 Å². The van der Waals surface area contributed by atoms with E-state index in [9.17, 15) is 4.79 Å². The molecule has 1 aliphatic heterocycles. The molecule has 0 bridgehead atoms. The molecule has 0 aromatic heterocycles. The second-order valence-corrected chi connectivity index (χ2v) is 5.68. The van der Waals surface area contributed by atoms with Gasteiger partial charge in [0.25, 0.3) is 0 Å². The van der Waals surface area contributed by atoms with Gasteiger partial charge in [-0.15, -0.1) is 0 Å². The maximum Gasteiger partial charge on any atom is 0.224 e. The Morgan fingerprint density at radius 3 is 2.59 bits per heavy atom. The van der Waals surface area contributed by atoms with Crippen LogP contribution in [0.3, 0.4) is 0 Å². The minimum absolute atomic E-state index is 0.215. The summed E-state index contributed by atoms with van der Waals surface area (Å²) < 4.78 is 0. The van der Waals surface area contributed by atoms with E-state index >= 15 is 0 Å². The molecule has 1 amide bonds. The van der Waals surface area contributed by atoms with Crippen molar-refractivity contribution in [3.63, 3.8) is 0 Å². The number of carbonyl (C=O) groups excluding carboxylic acids is 1. The van der Waals surface area contributed by atoms with Gasteiger partial charge in [0, 0.05) is 12.6 Å². The number of piperidine rings is 1. The Morgan fingerprint density at radius 1 is 1.24 bits per heavy atom. The van der Waals surface area contributed by atoms with Crippen molar-refractivity contribution in [2.24, 2.45) is 11.8 Å². The first-order valence-corrected chi connectivity index (χ1v) is 7.30. The third-order valence-electron chi connectivity index (χ3n) is 4.44. The van der Waals surface area contributed by atoms with E-state index < -0.39 is 0 Å². The monoisotopic (exact) mass is 238 g/mol. The van der Waals surface area contributed by atoms with Gasteiger partial charge in [0.15, 0.2) is 0 Å². The van der Waals surface area contributed by atoms with Gasteiger partial charge in [-0.1, -0.05) is 13.3 Å². The average Bonchev–Trinajstić information content (AvgIpc) is 2.40. The Bertz CT molecular complexity index is 241. The van der Waals surface area contributed by atoms with Crippen molar-refractivity contribution in [1.29, 1.82) is 0 Å². The predicted octanol–water partition coefficient (Wildman–Crippen LogP) is 2.07. The summed E-state index contributed by atoms with van der Waals surface area (Å²) >= 11 is 0. The highest BCUT2D eigenvalue weighted by atomic mass is 16.2. The lowest BCUT2D eigenvalue weighted by Crippen LogP contribution is -2.45. The third-order valence-corrected chi connectivity index (χ3v) is 4.44. The molecule has 0 aromatic rings. The molecule has 2 N–H and O–H groups in total. The van der Waals surface area contributed by atoms with Gasteiger partial charge >= 0.3 is 0 Å². The second-order valence-electron chi connectivity index (χ2n) is 5.68. The maximum atomic E-state index is 12.1. The quantitative estimate of drug-likeness (QED) is 0.790. The molecule has 3 nitrogen and oxygen atoms in total. The average molecular weight is 238 g/mol. The van der Waals surface area contributed by atoms with Crippen LogP contribution in [0, 0.1) is 11.8 Å². The molecule has 0 radical (unpaired) electrons. The molecule has 0 aromatic carbocycles. The highest BCUT2D eigenvalue weighted by molar-refractivity contribution is 5.79. The number of hydrogen-bond donors (Lipinski definition) is 2. The molecule has 1 saturated carbocycles. The molecule has 3 heteroatoms. The van der Waals surface area contributed by atoms with Gasteiger partial charge in [0.05, 0.1) is 5.92 Å². The Hall–Kier alpha value is -0.570. The van der Waals surface area contributed by atoms with Crippen molar-refractivity contribution < 1.29 is 4.79 Å². The van der Waals surface area contributed by atoms with Gasteiger partial charge in [0.1, 0.15) is 0 Å². The molecule has 0 spiro atoms. The number of amides is 1. The van der Waals surface area contributed by atoms with Crippen LogP contribution in [0.2, 0.25) is 0 Å². The van der Waals surface area contributed by atoms with Crippen LogP contribution in [0.25, 0.3) is 0 Å². The normalized spacial score (nSPS) is 34.3. The zero-order valence-corrected chi connectivity index (χ0v) is 11.0. The largest absolute Gasteiger partial charge is 0.353 e. The van der Waals surface area contributed by atoms with Crippen LogP contribution in [0.15, 0.2) is 0 Å². The minimum atomic E-state index is 0.215. The van der Waals surface area contributed by atoms with Gasteiger partial charge in [-0.3, -0.25) is 4.79 Å². The SMILES string of the molecule is CCC1CCC(NC(=O)[C@H]2CCCNC2)CC1. The first kappa shape index (κ1) is 12.9. The van der Waals surface area contributed by atoms with Gasteiger partial charge in [-0.05, 0) is 51.0 Å². The molecule has 2 rings (SSSR count). The standard InChI is InChI=1S/C14H26N2O/c1-2-11-5-7-13(8-6-11)16-14(17)12-4-3-9-15-10-12/h11-13,15H,2-10H2,1H3,(H,16,17)/t11?,12-,13?/m0/s1. The van der Waals surface area contributed by atoms with Gasteiger partial charge in [-0.25, -0.2) is 0 Å². The topological polar surface area (TPSA) is 41.1 Å². The van der Waals surface area contributed by atoms with Crippen molar-refractivity contribution in [3.8, 4) is 0 Å². The molecule has 2 fully saturated rings. The number of hydrogen-bond acceptors (Lipinski definition) is 2. The van der Waals surface area contributed by atoms with Crippen molar-refractivity contribution in [2.75, 3.05) is 13.1 Å². The zero-order chi connectivity index (χ0) is 12.1. The van der Waals surface area contributed by atoms with Crippen LogP contribution in [0.1, 0.15) is 51.9 Å². The van der Waals surface area contributed by atoms with Crippen molar-refractivity contribution in [3.05, 3.63) is 0 Å². The Kier molecular flexibility index (Phi) is 4.84. The number of rotatable bonds is 3. The summed E-state index contributed by atoms with van der Waals surface area (Å²) in [5, 5.41) is 6.56. The summed E-state index contributed by atoms with van der Waals surface area (Å²) in [5.41, 5.74) is 0. The molecule has 17 heavy (non-hydrogen) atoms. The van der Waals surface area contributed by atoms with E-state index in [1.807, 2.05) is 0 Å². The van der Waals surface area contributed by atoms with Crippen LogP contribution in [0.4, 0.5) is 0 Å².